The lowest BCUT2D eigenvalue weighted by Gasteiger charge is -2.06. The molecular formula is C13H11N3O. The van der Waals surface area contributed by atoms with E-state index in [1.54, 1.807) is 24.7 Å². The second kappa shape index (κ2) is 5.08. The Morgan fingerprint density at radius 2 is 2.12 bits per heavy atom. The molecule has 2 aromatic rings. The number of hydrogen-bond acceptors (Lipinski definition) is 4. The van der Waals surface area contributed by atoms with Crippen LogP contribution in [0.1, 0.15) is 12.5 Å². The minimum absolute atomic E-state index is 0.494. The number of nitriles is 1. The van der Waals surface area contributed by atoms with Gasteiger partial charge >= 0.3 is 0 Å². The number of ether oxygens (including phenoxy) is 1. The summed E-state index contributed by atoms with van der Waals surface area (Å²) in [5, 5.41) is 9.05. The molecule has 0 unspecified atom stereocenters. The van der Waals surface area contributed by atoms with Gasteiger partial charge in [-0.25, -0.2) is 0 Å². The second-order valence-electron chi connectivity index (χ2n) is 3.35. The zero-order valence-corrected chi connectivity index (χ0v) is 9.42. The molecule has 0 fully saturated rings. The third kappa shape index (κ3) is 2.40. The average Bonchev–Trinajstić information content (AvgIpc) is 2.40. The molecule has 84 valence electrons. The van der Waals surface area contributed by atoms with Gasteiger partial charge in [0.25, 0.3) is 0 Å². The maximum atomic E-state index is 9.05. The zero-order valence-electron chi connectivity index (χ0n) is 9.42. The molecule has 2 aromatic heterocycles. The van der Waals surface area contributed by atoms with Crippen LogP contribution in [0.15, 0.2) is 36.8 Å². The highest BCUT2D eigenvalue weighted by atomic mass is 16.5. The molecule has 0 aliphatic heterocycles. The Labute approximate surface area is 99.5 Å². The van der Waals surface area contributed by atoms with Gasteiger partial charge in [-0.05, 0) is 25.1 Å². The van der Waals surface area contributed by atoms with Gasteiger partial charge in [-0.2, -0.15) is 5.26 Å². The third-order valence-electron chi connectivity index (χ3n) is 2.26. The Kier molecular flexibility index (Phi) is 3.31. The molecule has 0 aromatic carbocycles. The Bertz CT molecular complexity index is 546. The summed E-state index contributed by atoms with van der Waals surface area (Å²) in [4.78, 5) is 8.22. The summed E-state index contributed by atoms with van der Waals surface area (Å²) in [6.07, 6.45) is 4.97. The Morgan fingerprint density at radius 1 is 1.35 bits per heavy atom. The van der Waals surface area contributed by atoms with Crippen molar-refractivity contribution in [1.29, 1.82) is 5.26 Å². The van der Waals surface area contributed by atoms with Crippen molar-refractivity contribution >= 4 is 0 Å². The van der Waals surface area contributed by atoms with Crippen LogP contribution in [0.4, 0.5) is 0 Å². The summed E-state index contributed by atoms with van der Waals surface area (Å²) in [7, 11) is 0. The van der Waals surface area contributed by atoms with Crippen molar-refractivity contribution in [3.8, 4) is 23.1 Å². The Balaban J connectivity index is 2.43. The van der Waals surface area contributed by atoms with Gasteiger partial charge in [-0.15, -0.1) is 0 Å². The lowest BCUT2D eigenvalue weighted by Crippen LogP contribution is -1.96. The van der Waals surface area contributed by atoms with Gasteiger partial charge in [0.1, 0.15) is 6.07 Å². The fourth-order valence-electron chi connectivity index (χ4n) is 1.48. The van der Waals surface area contributed by atoms with Gasteiger partial charge in [0.15, 0.2) is 5.75 Å². The van der Waals surface area contributed by atoms with Gasteiger partial charge in [-0.3, -0.25) is 9.97 Å². The van der Waals surface area contributed by atoms with Crippen LogP contribution in [-0.4, -0.2) is 16.6 Å². The number of aromatic nitrogens is 2. The van der Waals surface area contributed by atoms with E-state index < -0.39 is 0 Å². The fourth-order valence-corrected chi connectivity index (χ4v) is 1.48. The van der Waals surface area contributed by atoms with Crippen molar-refractivity contribution in [3.05, 3.63) is 42.4 Å². The van der Waals surface area contributed by atoms with Crippen LogP contribution in [0.25, 0.3) is 11.3 Å². The van der Waals surface area contributed by atoms with Crippen molar-refractivity contribution in [3.63, 3.8) is 0 Å². The average molecular weight is 225 g/mol. The topological polar surface area (TPSA) is 58.8 Å². The van der Waals surface area contributed by atoms with Gasteiger partial charge in [0.05, 0.1) is 24.1 Å². The fraction of sp³-hybridized carbons (Fsp3) is 0.154. The number of rotatable bonds is 3. The minimum atomic E-state index is 0.494. The standard InChI is InChI=1S/C13H11N3O/c1-2-17-13-9-16-12(7-11(13)8-14)10-3-5-15-6-4-10/h3-7,9H,2H2,1H3. The first-order valence-electron chi connectivity index (χ1n) is 5.28. The highest BCUT2D eigenvalue weighted by molar-refractivity contribution is 5.62. The van der Waals surface area contributed by atoms with E-state index in [9.17, 15) is 0 Å². The van der Waals surface area contributed by atoms with Crippen LogP contribution in [0.3, 0.4) is 0 Å². The molecule has 0 aliphatic carbocycles. The maximum absolute atomic E-state index is 9.05. The van der Waals surface area contributed by atoms with E-state index in [4.69, 9.17) is 10.00 Å². The van der Waals surface area contributed by atoms with Crippen LogP contribution in [0.5, 0.6) is 5.75 Å². The Hall–Kier alpha value is -2.41. The highest BCUT2D eigenvalue weighted by Crippen LogP contribution is 2.23. The second-order valence-corrected chi connectivity index (χ2v) is 3.35. The molecule has 0 radical (unpaired) electrons. The molecule has 0 atom stereocenters. The molecule has 0 amide bonds. The lowest BCUT2D eigenvalue weighted by molar-refractivity contribution is 0.338. The van der Waals surface area contributed by atoms with Crippen molar-refractivity contribution < 1.29 is 4.74 Å². The molecule has 0 spiro atoms. The van der Waals surface area contributed by atoms with E-state index in [1.165, 1.54) is 0 Å². The predicted octanol–water partition coefficient (Wildman–Crippen LogP) is 2.41. The summed E-state index contributed by atoms with van der Waals surface area (Å²) in [6.45, 7) is 2.39. The molecule has 17 heavy (non-hydrogen) atoms. The van der Waals surface area contributed by atoms with Crippen molar-refractivity contribution in [2.24, 2.45) is 0 Å². The van der Waals surface area contributed by atoms with Crippen molar-refractivity contribution in [2.75, 3.05) is 6.61 Å². The maximum Gasteiger partial charge on any atom is 0.155 e. The van der Waals surface area contributed by atoms with Crippen LogP contribution in [0, 0.1) is 11.3 Å². The van der Waals surface area contributed by atoms with Gasteiger partial charge in [0.2, 0.25) is 0 Å². The quantitative estimate of drug-likeness (QED) is 0.804. The van der Waals surface area contributed by atoms with Gasteiger partial charge in [0, 0.05) is 18.0 Å². The normalized spacial score (nSPS) is 9.65. The minimum Gasteiger partial charge on any atom is -0.491 e. The number of pyridine rings is 2. The monoisotopic (exact) mass is 225 g/mol. The summed E-state index contributed by atoms with van der Waals surface area (Å²) < 4.78 is 5.32. The first kappa shape index (κ1) is 11.1. The van der Waals surface area contributed by atoms with E-state index >= 15 is 0 Å². The smallest absolute Gasteiger partial charge is 0.155 e. The number of nitrogens with zero attached hydrogens (tertiary/aromatic N) is 3. The molecule has 4 heteroatoms. The van der Waals surface area contributed by atoms with E-state index in [0.717, 1.165) is 11.3 Å². The van der Waals surface area contributed by atoms with E-state index in [0.29, 0.717) is 17.9 Å². The first-order chi connectivity index (χ1) is 8.35. The molecule has 0 bridgehead atoms. The molecule has 0 saturated heterocycles. The van der Waals surface area contributed by atoms with Gasteiger partial charge in [-0.1, -0.05) is 0 Å². The molecule has 0 saturated carbocycles. The van der Waals surface area contributed by atoms with E-state index in [2.05, 4.69) is 16.0 Å². The summed E-state index contributed by atoms with van der Waals surface area (Å²) in [6, 6.07) is 7.53. The van der Waals surface area contributed by atoms with Crippen LogP contribution < -0.4 is 4.74 Å². The summed E-state index contributed by atoms with van der Waals surface area (Å²) >= 11 is 0. The lowest BCUT2D eigenvalue weighted by atomic mass is 10.1. The molecule has 4 nitrogen and oxygen atoms in total. The van der Waals surface area contributed by atoms with Crippen LogP contribution in [0.2, 0.25) is 0 Å². The first-order valence-corrected chi connectivity index (χ1v) is 5.28. The highest BCUT2D eigenvalue weighted by Gasteiger charge is 2.06. The summed E-state index contributed by atoms with van der Waals surface area (Å²) in [5.41, 5.74) is 2.17. The van der Waals surface area contributed by atoms with Crippen LogP contribution in [-0.2, 0) is 0 Å². The SMILES string of the molecule is CCOc1cnc(-c2ccncc2)cc1C#N. The van der Waals surface area contributed by atoms with Crippen molar-refractivity contribution in [2.45, 2.75) is 6.92 Å². The third-order valence-corrected chi connectivity index (χ3v) is 2.26. The Morgan fingerprint density at radius 3 is 2.76 bits per heavy atom. The van der Waals surface area contributed by atoms with Gasteiger partial charge < -0.3 is 4.74 Å². The van der Waals surface area contributed by atoms with Crippen LogP contribution >= 0.6 is 0 Å². The largest absolute Gasteiger partial charge is 0.491 e. The predicted molar refractivity (Wildman–Crippen MR) is 63.4 cm³/mol. The van der Waals surface area contributed by atoms with Crippen molar-refractivity contribution in [1.82, 2.24) is 9.97 Å². The molecule has 0 N–H and O–H groups in total. The van der Waals surface area contributed by atoms with E-state index in [1.807, 2.05) is 19.1 Å². The zero-order chi connectivity index (χ0) is 12.1. The number of hydrogen-bond donors (Lipinski definition) is 0. The molecular weight excluding hydrogens is 214 g/mol. The molecule has 2 heterocycles. The summed E-state index contributed by atoms with van der Waals surface area (Å²) in [5.74, 6) is 0.521. The van der Waals surface area contributed by atoms with E-state index in [-0.39, 0.29) is 0 Å². The molecule has 0 aliphatic rings. The molecule has 2 rings (SSSR count).